The van der Waals surface area contributed by atoms with E-state index in [0.29, 0.717) is 5.69 Å². The van der Waals surface area contributed by atoms with E-state index < -0.39 is 11.7 Å². The molecule has 1 N–H and O–H groups in total. The Morgan fingerprint density at radius 3 is 2.19 bits per heavy atom. The number of hydrogen-bond donors (Lipinski definition) is 1. The second-order valence-corrected chi connectivity index (χ2v) is 4.79. The fraction of sp³-hybridized carbons (Fsp3) is 0.312. The molecule has 1 aromatic carbocycles. The summed E-state index contributed by atoms with van der Waals surface area (Å²) < 4.78 is 37.7. The lowest BCUT2D eigenvalue weighted by Gasteiger charge is -2.17. The summed E-state index contributed by atoms with van der Waals surface area (Å²) in [7, 11) is 1.76. The molecule has 0 saturated heterocycles. The minimum atomic E-state index is -4.36. The second kappa shape index (κ2) is 6.26. The highest BCUT2D eigenvalue weighted by Gasteiger charge is 2.31. The molecule has 112 valence electrons. The molecule has 0 saturated carbocycles. The highest BCUT2D eigenvalue weighted by molar-refractivity contribution is 5.31. The maximum absolute atomic E-state index is 12.6. The second-order valence-electron chi connectivity index (χ2n) is 4.79. The summed E-state index contributed by atoms with van der Waals surface area (Å²) in [5, 5.41) is 3.09. The Hall–Kier alpha value is -1.88. The fourth-order valence-electron chi connectivity index (χ4n) is 2.17. The van der Waals surface area contributed by atoms with E-state index in [1.165, 1.54) is 11.6 Å². The number of aromatic nitrogens is 1. The maximum Gasteiger partial charge on any atom is 0.417 e. The summed E-state index contributed by atoms with van der Waals surface area (Å²) in [6, 6.07) is 10.2. The number of nitrogens with one attached hydrogen (secondary N) is 1. The van der Waals surface area contributed by atoms with Crippen molar-refractivity contribution in [2.75, 3.05) is 7.05 Å². The van der Waals surface area contributed by atoms with Crippen LogP contribution in [0.4, 0.5) is 13.2 Å². The summed E-state index contributed by atoms with van der Waals surface area (Å²) >= 11 is 0. The van der Waals surface area contributed by atoms with Crippen molar-refractivity contribution in [2.24, 2.45) is 0 Å². The first-order chi connectivity index (χ1) is 9.95. The number of alkyl halides is 3. The molecular weight excluding hydrogens is 277 g/mol. The molecule has 2 rings (SSSR count). The minimum absolute atomic E-state index is 0.224. The van der Waals surface area contributed by atoms with Crippen molar-refractivity contribution in [3.63, 3.8) is 0 Å². The van der Waals surface area contributed by atoms with Gasteiger partial charge in [0.05, 0.1) is 17.3 Å². The quantitative estimate of drug-likeness (QED) is 0.923. The Morgan fingerprint density at radius 2 is 1.76 bits per heavy atom. The molecular formula is C16H17F3N2. The van der Waals surface area contributed by atoms with E-state index in [1.807, 2.05) is 24.3 Å². The predicted molar refractivity (Wildman–Crippen MR) is 76.0 cm³/mol. The molecule has 0 aliphatic heterocycles. The van der Waals surface area contributed by atoms with Crippen LogP contribution in [-0.4, -0.2) is 12.0 Å². The van der Waals surface area contributed by atoms with E-state index >= 15 is 0 Å². The lowest BCUT2D eigenvalue weighted by Crippen LogP contribution is -2.19. The van der Waals surface area contributed by atoms with E-state index in [9.17, 15) is 13.2 Å². The molecule has 2 nitrogen and oxygen atoms in total. The van der Waals surface area contributed by atoms with Crippen molar-refractivity contribution in [2.45, 2.75) is 25.6 Å². The van der Waals surface area contributed by atoms with Crippen LogP contribution in [0.5, 0.6) is 0 Å². The Bertz CT molecular complexity index is 574. The maximum atomic E-state index is 12.6. The Morgan fingerprint density at radius 1 is 1.10 bits per heavy atom. The first kappa shape index (κ1) is 15.5. The highest BCUT2D eigenvalue weighted by atomic mass is 19.4. The zero-order valence-corrected chi connectivity index (χ0v) is 11.9. The van der Waals surface area contributed by atoms with Gasteiger partial charge >= 0.3 is 6.18 Å². The third-order valence-corrected chi connectivity index (χ3v) is 3.42. The summed E-state index contributed by atoms with van der Waals surface area (Å²) in [4.78, 5) is 3.95. The molecule has 0 fully saturated rings. The van der Waals surface area contributed by atoms with Crippen LogP contribution in [0.25, 0.3) is 0 Å². The van der Waals surface area contributed by atoms with Gasteiger partial charge in [-0.3, -0.25) is 4.98 Å². The number of hydrogen-bond acceptors (Lipinski definition) is 2. The largest absolute Gasteiger partial charge is 0.417 e. The van der Waals surface area contributed by atoms with Gasteiger partial charge in [-0.15, -0.1) is 0 Å². The molecule has 0 bridgehead atoms. The van der Waals surface area contributed by atoms with Crippen molar-refractivity contribution in [3.05, 3.63) is 65.0 Å². The van der Waals surface area contributed by atoms with Gasteiger partial charge in [0.15, 0.2) is 0 Å². The van der Waals surface area contributed by atoms with Gasteiger partial charge in [-0.05, 0) is 36.7 Å². The Kier molecular flexibility index (Phi) is 4.63. The fourth-order valence-corrected chi connectivity index (χ4v) is 2.17. The molecule has 0 aliphatic carbocycles. The third kappa shape index (κ3) is 3.61. The van der Waals surface area contributed by atoms with Gasteiger partial charge in [0.2, 0.25) is 0 Å². The molecule has 0 radical (unpaired) electrons. The summed E-state index contributed by atoms with van der Waals surface area (Å²) in [5.41, 5.74) is 2.02. The summed E-state index contributed by atoms with van der Waals surface area (Å²) in [5.74, 6) is 0. The molecule has 1 heterocycles. The van der Waals surface area contributed by atoms with Crippen molar-refractivity contribution < 1.29 is 13.2 Å². The molecule has 1 unspecified atom stereocenters. The van der Waals surface area contributed by atoms with E-state index in [0.717, 1.165) is 24.2 Å². The van der Waals surface area contributed by atoms with Gasteiger partial charge in [-0.2, -0.15) is 13.2 Å². The normalized spacial score (nSPS) is 13.2. The van der Waals surface area contributed by atoms with E-state index in [4.69, 9.17) is 0 Å². The average molecular weight is 294 g/mol. The van der Waals surface area contributed by atoms with Crippen molar-refractivity contribution in [3.8, 4) is 0 Å². The number of halogens is 3. The monoisotopic (exact) mass is 294 g/mol. The van der Waals surface area contributed by atoms with Crippen LogP contribution in [0.2, 0.25) is 0 Å². The van der Waals surface area contributed by atoms with Crippen LogP contribution in [0.1, 0.15) is 35.3 Å². The van der Waals surface area contributed by atoms with Crippen LogP contribution in [0.3, 0.4) is 0 Å². The van der Waals surface area contributed by atoms with Crippen molar-refractivity contribution in [1.29, 1.82) is 0 Å². The zero-order chi connectivity index (χ0) is 15.5. The molecule has 1 atom stereocenters. The van der Waals surface area contributed by atoms with E-state index in [-0.39, 0.29) is 6.04 Å². The van der Waals surface area contributed by atoms with Gasteiger partial charge in [-0.1, -0.05) is 31.2 Å². The SMILES string of the molecule is CCc1ccc(C(NC)c2ccc(C(F)(F)F)cn2)cc1. The zero-order valence-electron chi connectivity index (χ0n) is 11.9. The van der Waals surface area contributed by atoms with Crippen LogP contribution in [0, 0.1) is 0 Å². The number of rotatable bonds is 4. The van der Waals surface area contributed by atoms with Crippen LogP contribution in [0.15, 0.2) is 42.6 Å². The molecule has 0 amide bonds. The lowest BCUT2D eigenvalue weighted by molar-refractivity contribution is -0.137. The van der Waals surface area contributed by atoms with E-state index in [2.05, 4.69) is 17.2 Å². The van der Waals surface area contributed by atoms with Gasteiger partial charge < -0.3 is 5.32 Å². The van der Waals surface area contributed by atoms with Gasteiger partial charge in [0.1, 0.15) is 0 Å². The third-order valence-electron chi connectivity index (χ3n) is 3.42. The molecule has 21 heavy (non-hydrogen) atoms. The lowest BCUT2D eigenvalue weighted by atomic mass is 10.0. The Labute approximate surface area is 122 Å². The number of aryl methyl sites for hydroxylation is 1. The van der Waals surface area contributed by atoms with Gasteiger partial charge in [0, 0.05) is 6.20 Å². The molecule has 0 spiro atoms. The minimum Gasteiger partial charge on any atom is -0.308 e. The first-order valence-electron chi connectivity index (χ1n) is 6.75. The van der Waals surface area contributed by atoms with E-state index in [1.54, 1.807) is 7.05 Å². The molecule has 0 aliphatic rings. The van der Waals surface area contributed by atoms with Crippen LogP contribution >= 0.6 is 0 Å². The molecule has 2 aromatic rings. The predicted octanol–water partition coefficient (Wildman–Crippen LogP) is 3.97. The van der Waals surface area contributed by atoms with Crippen LogP contribution in [-0.2, 0) is 12.6 Å². The number of pyridine rings is 1. The standard InChI is InChI=1S/C16H17F3N2/c1-3-11-4-6-12(7-5-11)15(20-2)14-9-8-13(10-21-14)16(17,18)19/h4-10,15,20H,3H2,1-2H3. The smallest absolute Gasteiger partial charge is 0.308 e. The highest BCUT2D eigenvalue weighted by Crippen LogP contribution is 2.29. The van der Waals surface area contributed by atoms with Crippen LogP contribution < -0.4 is 5.32 Å². The topological polar surface area (TPSA) is 24.9 Å². The molecule has 1 aromatic heterocycles. The number of nitrogens with zero attached hydrogens (tertiary/aromatic N) is 1. The van der Waals surface area contributed by atoms with Gasteiger partial charge in [0.25, 0.3) is 0 Å². The number of benzene rings is 1. The first-order valence-corrected chi connectivity index (χ1v) is 6.75. The molecule has 5 heteroatoms. The summed E-state index contributed by atoms with van der Waals surface area (Å²) in [6.45, 7) is 2.07. The van der Waals surface area contributed by atoms with Gasteiger partial charge in [-0.25, -0.2) is 0 Å². The van der Waals surface area contributed by atoms with Crippen molar-refractivity contribution >= 4 is 0 Å². The average Bonchev–Trinajstić information content (AvgIpc) is 2.48. The summed E-state index contributed by atoms with van der Waals surface area (Å²) in [6.07, 6.45) is -2.54. The Balaban J connectivity index is 2.28. The van der Waals surface area contributed by atoms with Crippen molar-refractivity contribution in [1.82, 2.24) is 10.3 Å².